The van der Waals surface area contributed by atoms with Gasteiger partial charge in [0.1, 0.15) is 11.2 Å². The summed E-state index contributed by atoms with van der Waals surface area (Å²) in [7, 11) is 0. The third-order valence-corrected chi connectivity index (χ3v) is 3.51. The fourth-order valence-electron chi connectivity index (χ4n) is 2.32. The minimum atomic E-state index is -2.60. The highest BCUT2D eigenvalue weighted by atomic mass is 19.3. The van der Waals surface area contributed by atoms with Crippen molar-refractivity contribution in [1.82, 2.24) is 9.88 Å². The minimum absolute atomic E-state index is 0.0161. The van der Waals surface area contributed by atoms with Crippen LogP contribution in [-0.2, 0) is 16.1 Å². The summed E-state index contributed by atoms with van der Waals surface area (Å²) in [6.07, 6.45) is -0.952. The van der Waals surface area contributed by atoms with E-state index in [9.17, 15) is 23.5 Å². The Balaban J connectivity index is 2.16. The number of carbonyl (C=O) groups is 2. The molecular formula is C13H16F2N2O4. The summed E-state index contributed by atoms with van der Waals surface area (Å²) >= 11 is 0. The predicted molar refractivity (Wildman–Crippen MR) is 68.3 cm³/mol. The molecule has 0 spiro atoms. The number of hydrogen-bond donors (Lipinski definition) is 2. The minimum Gasteiger partial charge on any atom is -0.480 e. The second-order valence-electron chi connectivity index (χ2n) is 4.89. The molecule has 1 aromatic heterocycles. The third kappa shape index (κ3) is 3.38. The van der Waals surface area contributed by atoms with Gasteiger partial charge in [0.2, 0.25) is 0 Å². The molecule has 21 heavy (non-hydrogen) atoms. The molecule has 6 nitrogen and oxygen atoms in total. The number of carbonyl (C=O) groups excluding carboxylic acids is 1. The molecule has 0 radical (unpaired) electrons. The monoisotopic (exact) mass is 302 g/mol. The number of carboxylic acid groups (broad SMARTS) is 1. The summed E-state index contributed by atoms with van der Waals surface area (Å²) in [5, 5.41) is 11.8. The maximum Gasteiger partial charge on any atom is 0.329 e. The van der Waals surface area contributed by atoms with E-state index in [0.717, 1.165) is 4.57 Å². The number of carboxylic acids is 1. The summed E-state index contributed by atoms with van der Waals surface area (Å²) in [6, 6.07) is 2.85. The SMILES string of the molecule is O=C(NC1(C(=O)O)CCOCC1)c1cccn1CC(F)F. The number of hydrogen-bond acceptors (Lipinski definition) is 3. The predicted octanol–water partition coefficient (Wildman–Crippen LogP) is 1.12. The average molecular weight is 302 g/mol. The summed E-state index contributed by atoms with van der Waals surface area (Å²) < 4.78 is 31.1. The average Bonchev–Trinajstić information content (AvgIpc) is 2.87. The Hall–Kier alpha value is -1.96. The van der Waals surface area contributed by atoms with E-state index in [4.69, 9.17) is 4.74 Å². The van der Waals surface area contributed by atoms with Gasteiger partial charge in [-0.25, -0.2) is 13.6 Å². The Labute approximate surface area is 119 Å². The molecule has 1 aromatic rings. The molecule has 0 bridgehead atoms. The van der Waals surface area contributed by atoms with Crippen molar-refractivity contribution < 1.29 is 28.2 Å². The molecule has 0 saturated carbocycles. The highest BCUT2D eigenvalue weighted by molar-refractivity contribution is 5.96. The molecule has 0 aliphatic carbocycles. The number of halogens is 2. The molecule has 1 amide bonds. The molecule has 8 heteroatoms. The maximum absolute atomic E-state index is 12.4. The number of rotatable bonds is 5. The first-order valence-electron chi connectivity index (χ1n) is 6.51. The van der Waals surface area contributed by atoms with E-state index in [0.29, 0.717) is 0 Å². The smallest absolute Gasteiger partial charge is 0.329 e. The normalized spacial score (nSPS) is 17.7. The second kappa shape index (κ2) is 6.21. The maximum atomic E-state index is 12.4. The van der Waals surface area contributed by atoms with E-state index in [1.807, 2.05) is 0 Å². The molecule has 2 rings (SSSR count). The lowest BCUT2D eigenvalue weighted by Crippen LogP contribution is -2.57. The molecule has 116 valence electrons. The van der Waals surface area contributed by atoms with Crippen LogP contribution >= 0.6 is 0 Å². The van der Waals surface area contributed by atoms with E-state index < -0.39 is 30.4 Å². The highest BCUT2D eigenvalue weighted by Crippen LogP contribution is 2.22. The van der Waals surface area contributed by atoms with Crippen LogP contribution in [0.3, 0.4) is 0 Å². The van der Waals surface area contributed by atoms with Crippen LogP contribution in [0.5, 0.6) is 0 Å². The zero-order valence-corrected chi connectivity index (χ0v) is 11.2. The number of nitrogens with zero attached hydrogens (tertiary/aromatic N) is 1. The lowest BCUT2D eigenvalue weighted by molar-refractivity contribution is -0.148. The van der Waals surface area contributed by atoms with Gasteiger partial charge in [-0.3, -0.25) is 4.79 Å². The van der Waals surface area contributed by atoms with Gasteiger partial charge in [-0.15, -0.1) is 0 Å². The quantitative estimate of drug-likeness (QED) is 0.854. The second-order valence-corrected chi connectivity index (χ2v) is 4.89. The van der Waals surface area contributed by atoms with Crippen LogP contribution < -0.4 is 5.32 Å². The van der Waals surface area contributed by atoms with Crippen molar-refractivity contribution in [2.45, 2.75) is 31.4 Å². The molecule has 0 unspecified atom stereocenters. The van der Waals surface area contributed by atoms with Gasteiger partial charge in [-0.2, -0.15) is 0 Å². The van der Waals surface area contributed by atoms with Crippen LogP contribution in [0.4, 0.5) is 8.78 Å². The zero-order chi connectivity index (χ0) is 15.5. The number of amides is 1. The van der Waals surface area contributed by atoms with Gasteiger partial charge in [0.05, 0.1) is 6.54 Å². The summed E-state index contributed by atoms with van der Waals surface area (Å²) in [5.41, 5.74) is -1.39. The van der Waals surface area contributed by atoms with E-state index in [-0.39, 0.29) is 31.7 Å². The number of aromatic nitrogens is 1. The molecule has 1 saturated heterocycles. The Kier molecular flexibility index (Phi) is 4.56. The van der Waals surface area contributed by atoms with Gasteiger partial charge in [-0.05, 0) is 12.1 Å². The highest BCUT2D eigenvalue weighted by Gasteiger charge is 2.42. The third-order valence-electron chi connectivity index (χ3n) is 3.51. The van der Waals surface area contributed by atoms with Crippen molar-refractivity contribution >= 4 is 11.9 Å². The molecule has 1 aliphatic rings. The molecule has 1 fully saturated rings. The molecule has 0 atom stereocenters. The Morgan fingerprint density at radius 1 is 1.43 bits per heavy atom. The number of aliphatic carboxylic acids is 1. The lowest BCUT2D eigenvalue weighted by Gasteiger charge is -2.33. The van der Waals surface area contributed by atoms with Gasteiger partial charge in [-0.1, -0.05) is 0 Å². The van der Waals surface area contributed by atoms with Crippen molar-refractivity contribution in [2.75, 3.05) is 13.2 Å². The van der Waals surface area contributed by atoms with Gasteiger partial charge < -0.3 is 19.7 Å². The van der Waals surface area contributed by atoms with E-state index in [1.165, 1.54) is 18.3 Å². The van der Waals surface area contributed by atoms with Gasteiger partial charge in [0, 0.05) is 32.3 Å². The molecule has 0 aromatic carbocycles. The standard InChI is InChI=1S/C13H16F2N2O4/c14-10(15)8-17-5-1-2-9(17)11(18)16-13(12(19)20)3-6-21-7-4-13/h1-2,5,10H,3-4,6-8H2,(H,16,18)(H,19,20). The van der Waals surface area contributed by atoms with Gasteiger partial charge in [0.25, 0.3) is 12.3 Å². The Morgan fingerprint density at radius 3 is 2.67 bits per heavy atom. The first-order valence-corrected chi connectivity index (χ1v) is 6.51. The van der Waals surface area contributed by atoms with Crippen LogP contribution in [0.1, 0.15) is 23.3 Å². The first-order chi connectivity index (χ1) is 9.94. The number of ether oxygens (including phenoxy) is 1. The van der Waals surface area contributed by atoms with Gasteiger partial charge in [0.15, 0.2) is 0 Å². The van der Waals surface area contributed by atoms with Crippen LogP contribution in [-0.4, -0.2) is 46.7 Å². The van der Waals surface area contributed by atoms with Gasteiger partial charge >= 0.3 is 5.97 Å². The van der Waals surface area contributed by atoms with Crippen LogP contribution in [0.15, 0.2) is 18.3 Å². The van der Waals surface area contributed by atoms with Crippen molar-refractivity contribution in [3.63, 3.8) is 0 Å². The first kappa shape index (κ1) is 15.4. The molecule has 1 aliphatic heterocycles. The lowest BCUT2D eigenvalue weighted by atomic mass is 9.90. The number of alkyl halides is 2. The molecular weight excluding hydrogens is 286 g/mol. The summed E-state index contributed by atoms with van der Waals surface area (Å²) in [6.45, 7) is -0.159. The largest absolute Gasteiger partial charge is 0.480 e. The Morgan fingerprint density at radius 2 is 2.10 bits per heavy atom. The van der Waals surface area contributed by atoms with E-state index in [1.54, 1.807) is 0 Å². The van der Waals surface area contributed by atoms with Crippen LogP contribution in [0, 0.1) is 0 Å². The van der Waals surface area contributed by atoms with Crippen molar-refractivity contribution in [2.24, 2.45) is 0 Å². The topological polar surface area (TPSA) is 80.6 Å². The number of nitrogens with one attached hydrogen (secondary N) is 1. The van der Waals surface area contributed by atoms with Crippen LogP contribution in [0.2, 0.25) is 0 Å². The fourth-order valence-corrected chi connectivity index (χ4v) is 2.32. The van der Waals surface area contributed by atoms with Crippen LogP contribution in [0.25, 0.3) is 0 Å². The molecule has 2 N–H and O–H groups in total. The van der Waals surface area contributed by atoms with E-state index in [2.05, 4.69) is 5.32 Å². The van der Waals surface area contributed by atoms with Crippen molar-refractivity contribution in [1.29, 1.82) is 0 Å². The fraction of sp³-hybridized carbons (Fsp3) is 0.538. The Bertz CT molecular complexity index is 524. The molecule has 2 heterocycles. The van der Waals surface area contributed by atoms with E-state index >= 15 is 0 Å². The van der Waals surface area contributed by atoms with Crippen molar-refractivity contribution in [3.05, 3.63) is 24.0 Å². The zero-order valence-electron chi connectivity index (χ0n) is 11.2. The van der Waals surface area contributed by atoms with Crippen molar-refractivity contribution in [3.8, 4) is 0 Å². The summed E-state index contributed by atoms with van der Waals surface area (Å²) in [4.78, 5) is 23.7. The summed E-state index contributed by atoms with van der Waals surface area (Å²) in [5.74, 6) is -1.82.